The summed E-state index contributed by atoms with van der Waals surface area (Å²) in [5, 5.41) is 2.83. The largest absolute Gasteiger partial charge is 0.366 e. The number of aromatic nitrogens is 2. The number of nitrogens with zero attached hydrogens (tertiary/aromatic N) is 2. The van der Waals surface area contributed by atoms with Crippen molar-refractivity contribution >= 4 is 17.2 Å². The van der Waals surface area contributed by atoms with Crippen LogP contribution in [0.25, 0.3) is 10.6 Å². The van der Waals surface area contributed by atoms with Gasteiger partial charge in [-0.05, 0) is 19.8 Å². The van der Waals surface area contributed by atoms with Gasteiger partial charge in [0.05, 0.1) is 5.56 Å². The number of carbonyl (C=O) groups is 1. The van der Waals surface area contributed by atoms with E-state index in [1.54, 1.807) is 17.5 Å². The maximum Gasteiger partial charge on any atom is 0.251 e. The van der Waals surface area contributed by atoms with Gasteiger partial charge in [-0.15, -0.1) is 11.3 Å². The van der Waals surface area contributed by atoms with Crippen molar-refractivity contribution in [1.82, 2.24) is 9.55 Å². The molecule has 0 aliphatic rings. The predicted octanol–water partition coefficient (Wildman–Crippen LogP) is 3.77. The van der Waals surface area contributed by atoms with Crippen LogP contribution in [0.5, 0.6) is 0 Å². The van der Waals surface area contributed by atoms with Gasteiger partial charge >= 0.3 is 0 Å². The number of carbonyl (C=O) groups excluding carboxylic acids is 1. The highest BCUT2D eigenvalue weighted by Crippen LogP contribution is 2.34. The van der Waals surface area contributed by atoms with Crippen LogP contribution >= 0.6 is 11.3 Å². The van der Waals surface area contributed by atoms with E-state index in [1.165, 1.54) is 5.69 Å². The molecular weight excluding hydrogens is 282 g/mol. The smallest absolute Gasteiger partial charge is 0.251 e. The molecule has 0 bridgehead atoms. The van der Waals surface area contributed by atoms with Gasteiger partial charge in [0, 0.05) is 35.1 Å². The van der Waals surface area contributed by atoms with Crippen LogP contribution in [0, 0.1) is 6.92 Å². The summed E-state index contributed by atoms with van der Waals surface area (Å²) in [7, 11) is 0. The maximum absolute atomic E-state index is 12.0. The molecule has 5 heteroatoms. The van der Waals surface area contributed by atoms with Gasteiger partial charge in [0.1, 0.15) is 5.01 Å². The Hall–Kier alpha value is -1.62. The van der Waals surface area contributed by atoms with Crippen LogP contribution in [0.4, 0.5) is 0 Å². The molecule has 0 unspecified atom stereocenters. The third-order valence-corrected chi connectivity index (χ3v) is 4.54. The molecule has 21 heavy (non-hydrogen) atoms. The van der Waals surface area contributed by atoms with Crippen LogP contribution < -0.4 is 5.73 Å². The topological polar surface area (TPSA) is 60.9 Å². The van der Waals surface area contributed by atoms with Crippen molar-refractivity contribution in [3.05, 3.63) is 28.5 Å². The highest BCUT2D eigenvalue weighted by atomic mass is 32.1. The van der Waals surface area contributed by atoms with Gasteiger partial charge in [-0.1, -0.05) is 26.7 Å². The third-order valence-electron chi connectivity index (χ3n) is 3.75. The quantitative estimate of drug-likeness (QED) is 0.846. The lowest BCUT2D eigenvalue weighted by molar-refractivity contribution is 0.1000. The standard InChI is InChI=1S/C16H23N3OS/c1-4-6-9-19-11(3)13(15(17)20)14(12(19)7-5-2)16-18-8-10-21-16/h8,10H,4-7,9H2,1-3H3,(H2,17,20). The second-order valence-electron chi connectivity index (χ2n) is 5.24. The van der Waals surface area contributed by atoms with Crippen molar-refractivity contribution in [3.8, 4) is 10.6 Å². The number of nitrogens with two attached hydrogens (primary N) is 1. The molecule has 0 fully saturated rings. The van der Waals surface area contributed by atoms with E-state index in [0.717, 1.165) is 48.5 Å². The Morgan fingerprint density at radius 1 is 1.38 bits per heavy atom. The summed E-state index contributed by atoms with van der Waals surface area (Å²) in [5.74, 6) is -0.356. The van der Waals surface area contributed by atoms with E-state index in [0.29, 0.717) is 5.56 Å². The molecular formula is C16H23N3OS. The number of thiazole rings is 1. The minimum atomic E-state index is -0.356. The first-order chi connectivity index (χ1) is 10.1. The molecule has 4 nitrogen and oxygen atoms in total. The van der Waals surface area contributed by atoms with E-state index in [2.05, 4.69) is 23.4 Å². The maximum atomic E-state index is 12.0. The van der Waals surface area contributed by atoms with Crippen molar-refractivity contribution in [1.29, 1.82) is 0 Å². The summed E-state index contributed by atoms with van der Waals surface area (Å²) in [6.07, 6.45) is 5.97. The molecule has 0 spiro atoms. The van der Waals surface area contributed by atoms with E-state index in [4.69, 9.17) is 5.73 Å². The summed E-state index contributed by atoms with van der Waals surface area (Å²) < 4.78 is 2.27. The second-order valence-corrected chi connectivity index (χ2v) is 6.13. The molecule has 2 N–H and O–H groups in total. The Morgan fingerprint density at radius 2 is 2.14 bits per heavy atom. The lowest BCUT2D eigenvalue weighted by Crippen LogP contribution is -2.13. The zero-order valence-electron chi connectivity index (χ0n) is 13.0. The minimum Gasteiger partial charge on any atom is -0.366 e. The Bertz CT molecular complexity index is 614. The molecule has 114 valence electrons. The first-order valence-electron chi connectivity index (χ1n) is 7.53. The van der Waals surface area contributed by atoms with Gasteiger partial charge in [0.15, 0.2) is 0 Å². The zero-order chi connectivity index (χ0) is 15.4. The van der Waals surface area contributed by atoms with Gasteiger partial charge in [-0.3, -0.25) is 4.79 Å². The molecule has 2 heterocycles. The average molecular weight is 305 g/mol. The highest BCUT2D eigenvalue weighted by Gasteiger charge is 2.25. The molecule has 1 amide bonds. The number of primary amides is 1. The second kappa shape index (κ2) is 6.89. The number of rotatable bonds is 7. The van der Waals surface area contributed by atoms with Crippen molar-refractivity contribution in [2.75, 3.05) is 0 Å². The summed E-state index contributed by atoms with van der Waals surface area (Å²) in [5.41, 5.74) is 9.43. The number of amides is 1. The van der Waals surface area contributed by atoms with Crippen molar-refractivity contribution in [2.45, 2.75) is 53.0 Å². The zero-order valence-corrected chi connectivity index (χ0v) is 13.8. The molecule has 0 aliphatic heterocycles. The molecule has 0 aromatic carbocycles. The first-order valence-corrected chi connectivity index (χ1v) is 8.41. The van der Waals surface area contributed by atoms with Crippen LogP contribution in [0.2, 0.25) is 0 Å². The average Bonchev–Trinajstić information content (AvgIpc) is 3.04. The normalized spacial score (nSPS) is 11.0. The molecule has 0 radical (unpaired) electrons. The number of hydrogen-bond donors (Lipinski definition) is 1. The lowest BCUT2D eigenvalue weighted by atomic mass is 10.1. The summed E-state index contributed by atoms with van der Waals surface area (Å²) >= 11 is 1.56. The van der Waals surface area contributed by atoms with E-state index in [9.17, 15) is 4.79 Å². The van der Waals surface area contributed by atoms with E-state index < -0.39 is 0 Å². The Balaban J connectivity index is 2.66. The fraction of sp³-hybridized carbons (Fsp3) is 0.500. The Morgan fingerprint density at radius 3 is 2.67 bits per heavy atom. The predicted molar refractivity (Wildman–Crippen MR) is 87.7 cm³/mol. The lowest BCUT2D eigenvalue weighted by Gasteiger charge is -2.11. The fourth-order valence-electron chi connectivity index (χ4n) is 2.79. The van der Waals surface area contributed by atoms with Gasteiger partial charge in [-0.2, -0.15) is 0 Å². The molecule has 0 atom stereocenters. The minimum absolute atomic E-state index is 0.356. The highest BCUT2D eigenvalue weighted by molar-refractivity contribution is 7.13. The van der Waals surface area contributed by atoms with Crippen LogP contribution in [-0.4, -0.2) is 15.5 Å². The van der Waals surface area contributed by atoms with Crippen LogP contribution in [0.3, 0.4) is 0 Å². The fourth-order valence-corrected chi connectivity index (χ4v) is 3.50. The van der Waals surface area contributed by atoms with Crippen molar-refractivity contribution < 1.29 is 4.79 Å². The van der Waals surface area contributed by atoms with Crippen molar-refractivity contribution in [2.24, 2.45) is 5.73 Å². The van der Waals surface area contributed by atoms with Crippen LogP contribution in [0.15, 0.2) is 11.6 Å². The van der Waals surface area contributed by atoms with Crippen molar-refractivity contribution in [3.63, 3.8) is 0 Å². The summed E-state index contributed by atoms with van der Waals surface area (Å²) in [6.45, 7) is 7.26. The number of hydrogen-bond acceptors (Lipinski definition) is 3. The van der Waals surface area contributed by atoms with E-state index >= 15 is 0 Å². The molecule has 0 saturated carbocycles. The molecule has 0 saturated heterocycles. The monoisotopic (exact) mass is 305 g/mol. The Kier molecular flexibility index (Phi) is 5.17. The molecule has 0 aliphatic carbocycles. The summed E-state index contributed by atoms with van der Waals surface area (Å²) in [4.78, 5) is 16.4. The van der Waals surface area contributed by atoms with E-state index in [1.807, 2.05) is 12.3 Å². The van der Waals surface area contributed by atoms with Crippen LogP contribution in [0.1, 0.15) is 54.9 Å². The Labute approximate surface area is 130 Å². The van der Waals surface area contributed by atoms with Crippen LogP contribution in [-0.2, 0) is 13.0 Å². The van der Waals surface area contributed by atoms with Gasteiger partial charge in [0.2, 0.25) is 0 Å². The third kappa shape index (κ3) is 3.02. The van der Waals surface area contributed by atoms with Gasteiger partial charge in [0.25, 0.3) is 5.91 Å². The molecule has 2 aromatic heterocycles. The van der Waals surface area contributed by atoms with E-state index in [-0.39, 0.29) is 5.91 Å². The van der Waals surface area contributed by atoms with Gasteiger partial charge in [-0.25, -0.2) is 4.98 Å². The van der Waals surface area contributed by atoms with Gasteiger partial charge < -0.3 is 10.3 Å². The first kappa shape index (κ1) is 15.8. The summed E-state index contributed by atoms with van der Waals surface area (Å²) in [6, 6.07) is 0. The number of unbranched alkanes of at least 4 members (excludes halogenated alkanes) is 1. The SMILES string of the molecule is CCCCn1c(C)c(C(N)=O)c(-c2nccs2)c1CCC. The molecule has 2 aromatic rings. The molecule has 2 rings (SSSR count).